The molecule has 0 unspecified atom stereocenters. The van der Waals surface area contributed by atoms with E-state index >= 15 is 0 Å². The number of nitrogens with one attached hydrogen (secondary N) is 1. The highest BCUT2D eigenvalue weighted by atomic mass is 19.3. The van der Waals surface area contributed by atoms with Gasteiger partial charge < -0.3 is 10.7 Å². The van der Waals surface area contributed by atoms with Crippen molar-refractivity contribution in [1.82, 2.24) is 4.98 Å². The summed E-state index contributed by atoms with van der Waals surface area (Å²) < 4.78 is 28.8. The highest BCUT2D eigenvalue weighted by molar-refractivity contribution is 5.85. The zero-order valence-corrected chi connectivity index (χ0v) is 10.8. The first-order valence-electron chi connectivity index (χ1n) is 5.95. The number of H-pyrrole nitrogens is 1. The molecule has 98 valence electrons. The van der Waals surface area contributed by atoms with Crippen LogP contribution in [0.1, 0.15) is 31.5 Å². The maximum absolute atomic E-state index is 14.4. The Morgan fingerprint density at radius 2 is 1.83 bits per heavy atom. The summed E-state index contributed by atoms with van der Waals surface area (Å²) in [5.41, 5.74) is 6.13. The molecule has 0 atom stereocenters. The molecule has 1 aromatic heterocycles. The van der Waals surface area contributed by atoms with Crippen molar-refractivity contribution in [2.45, 2.75) is 38.7 Å². The van der Waals surface area contributed by atoms with Crippen molar-refractivity contribution in [2.24, 2.45) is 5.73 Å². The summed E-state index contributed by atoms with van der Waals surface area (Å²) in [6.07, 6.45) is -0.372. The molecule has 0 aliphatic rings. The van der Waals surface area contributed by atoms with Crippen LogP contribution in [0.3, 0.4) is 0 Å². The van der Waals surface area contributed by atoms with Gasteiger partial charge in [0, 0.05) is 34.1 Å². The topological polar surface area (TPSA) is 41.8 Å². The second-order valence-corrected chi connectivity index (χ2v) is 5.54. The molecule has 1 heterocycles. The van der Waals surface area contributed by atoms with Crippen molar-refractivity contribution in [1.29, 1.82) is 0 Å². The number of nitrogens with two attached hydrogens (primary N) is 1. The van der Waals surface area contributed by atoms with E-state index in [4.69, 9.17) is 5.73 Å². The third-order valence-electron chi connectivity index (χ3n) is 2.94. The summed E-state index contributed by atoms with van der Waals surface area (Å²) in [4.78, 5) is 3.00. The Morgan fingerprint density at radius 1 is 1.22 bits per heavy atom. The van der Waals surface area contributed by atoms with Crippen molar-refractivity contribution < 1.29 is 8.78 Å². The first-order chi connectivity index (χ1) is 8.21. The number of hydrogen-bond donors (Lipinski definition) is 2. The molecule has 18 heavy (non-hydrogen) atoms. The molecule has 0 radical (unpaired) electrons. The molecule has 0 saturated carbocycles. The quantitative estimate of drug-likeness (QED) is 0.859. The van der Waals surface area contributed by atoms with Crippen molar-refractivity contribution in [3.8, 4) is 0 Å². The summed E-state index contributed by atoms with van der Waals surface area (Å²) in [7, 11) is 0. The molecule has 0 fully saturated rings. The zero-order valence-electron chi connectivity index (χ0n) is 10.8. The van der Waals surface area contributed by atoms with Crippen LogP contribution in [0.15, 0.2) is 24.3 Å². The first kappa shape index (κ1) is 13.0. The Bertz CT molecular complexity index is 565. The number of hydrogen-bond acceptors (Lipinski definition) is 1. The lowest BCUT2D eigenvalue weighted by Gasteiger charge is -2.26. The molecule has 0 aliphatic heterocycles. The van der Waals surface area contributed by atoms with Crippen molar-refractivity contribution >= 4 is 10.9 Å². The number of aromatic nitrogens is 1. The fourth-order valence-electron chi connectivity index (χ4n) is 2.41. The fourth-order valence-corrected chi connectivity index (χ4v) is 2.41. The van der Waals surface area contributed by atoms with Gasteiger partial charge >= 0.3 is 0 Å². The van der Waals surface area contributed by atoms with Gasteiger partial charge in [-0.2, -0.15) is 0 Å². The molecule has 2 nitrogen and oxygen atoms in total. The van der Waals surface area contributed by atoms with Crippen LogP contribution in [0.4, 0.5) is 8.78 Å². The lowest BCUT2D eigenvalue weighted by molar-refractivity contribution is -0.0286. The molecule has 2 rings (SSSR count). The van der Waals surface area contributed by atoms with Gasteiger partial charge in [-0.3, -0.25) is 0 Å². The van der Waals surface area contributed by atoms with Gasteiger partial charge in [0.25, 0.3) is 5.92 Å². The number of halogens is 2. The number of para-hydroxylation sites is 1. The van der Waals surface area contributed by atoms with E-state index in [1.165, 1.54) is 0 Å². The molecular weight excluding hydrogens is 234 g/mol. The highest BCUT2D eigenvalue weighted by Gasteiger charge is 2.40. The molecule has 2 aromatic rings. The summed E-state index contributed by atoms with van der Waals surface area (Å²) in [6, 6.07) is 7.11. The van der Waals surface area contributed by atoms with Gasteiger partial charge in [0.15, 0.2) is 0 Å². The maximum atomic E-state index is 14.4. The predicted octanol–water partition coefficient (Wildman–Crippen LogP) is 3.70. The second kappa shape index (κ2) is 4.05. The second-order valence-electron chi connectivity index (χ2n) is 5.54. The van der Waals surface area contributed by atoms with Crippen LogP contribution in [0, 0.1) is 6.92 Å². The maximum Gasteiger partial charge on any atom is 0.277 e. The lowest BCUT2D eigenvalue weighted by atomic mass is 9.92. The van der Waals surface area contributed by atoms with Crippen molar-refractivity contribution in [3.05, 3.63) is 35.5 Å². The number of benzene rings is 1. The molecule has 0 spiro atoms. The Labute approximate surface area is 105 Å². The Morgan fingerprint density at radius 3 is 2.44 bits per heavy atom. The fraction of sp³-hybridized carbons (Fsp3) is 0.429. The average molecular weight is 252 g/mol. The van der Waals surface area contributed by atoms with Gasteiger partial charge in [-0.15, -0.1) is 0 Å². The minimum absolute atomic E-state index is 0.0663. The average Bonchev–Trinajstić information content (AvgIpc) is 2.49. The SMILES string of the molecule is Cc1[nH]c2ccccc2c1C(F)(F)CC(C)(C)N. The largest absolute Gasteiger partial charge is 0.358 e. The normalized spacial score (nSPS) is 13.2. The van der Waals surface area contributed by atoms with E-state index in [0.29, 0.717) is 11.1 Å². The zero-order chi connectivity index (χ0) is 13.6. The smallest absolute Gasteiger partial charge is 0.277 e. The number of aryl methyl sites for hydroxylation is 1. The third-order valence-corrected chi connectivity index (χ3v) is 2.94. The molecule has 0 aliphatic carbocycles. The predicted molar refractivity (Wildman–Crippen MR) is 69.8 cm³/mol. The number of fused-ring (bicyclic) bond motifs is 1. The molecule has 1 aromatic carbocycles. The van der Waals surface area contributed by atoms with Gasteiger partial charge in [-0.1, -0.05) is 18.2 Å². The lowest BCUT2D eigenvalue weighted by Crippen LogP contribution is -2.38. The van der Waals surface area contributed by atoms with Crippen LogP contribution in [-0.2, 0) is 5.92 Å². The van der Waals surface area contributed by atoms with Gasteiger partial charge in [-0.05, 0) is 26.8 Å². The molecular formula is C14H18F2N2. The summed E-state index contributed by atoms with van der Waals surface area (Å²) in [5.74, 6) is -2.93. The van der Waals surface area contributed by atoms with E-state index in [0.717, 1.165) is 5.52 Å². The van der Waals surface area contributed by atoms with Crippen LogP contribution in [0.5, 0.6) is 0 Å². The summed E-state index contributed by atoms with van der Waals surface area (Å²) >= 11 is 0. The van der Waals surface area contributed by atoms with E-state index in [1.807, 2.05) is 6.07 Å². The number of rotatable bonds is 3. The van der Waals surface area contributed by atoms with E-state index in [-0.39, 0.29) is 12.0 Å². The van der Waals surface area contributed by atoms with Crippen LogP contribution in [0.2, 0.25) is 0 Å². The summed E-state index contributed by atoms with van der Waals surface area (Å²) in [6.45, 7) is 4.91. The molecule has 0 saturated heterocycles. The van der Waals surface area contributed by atoms with Crippen LogP contribution in [-0.4, -0.2) is 10.5 Å². The van der Waals surface area contributed by atoms with E-state index < -0.39 is 11.5 Å². The minimum Gasteiger partial charge on any atom is -0.358 e. The first-order valence-corrected chi connectivity index (χ1v) is 5.95. The van der Waals surface area contributed by atoms with Gasteiger partial charge in [-0.25, -0.2) is 8.78 Å². The van der Waals surface area contributed by atoms with Crippen LogP contribution in [0.25, 0.3) is 10.9 Å². The van der Waals surface area contributed by atoms with Gasteiger partial charge in [0.05, 0.1) is 0 Å². The van der Waals surface area contributed by atoms with Crippen molar-refractivity contribution in [2.75, 3.05) is 0 Å². The summed E-state index contributed by atoms with van der Waals surface area (Å²) in [5, 5.41) is 0.573. The van der Waals surface area contributed by atoms with E-state index in [9.17, 15) is 8.78 Å². The van der Waals surface area contributed by atoms with Crippen LogP contribution < -0.4 is 5.73 Å². The van der Waals surface area contributed by atoms with E-state index in [1.54, 1.807) is 39.0 Å². The molecule has 0 amide bonds. The van der Waals surface area contributed by atoms with Crippen LogP contribution >= 0.6 is 0 Å². The Kier molecular flexibility index (Phi) is 2.93. The highest BCUT2D eigenvalue weighted by Crippen LogP contribution is 2.40. The third kappa shape index (κ3) is 2.38. The monoisotopic (exact) mass is 252 g/mol. The molecule has 4 heteroatoms. The van der Waals surface area contributed by atoms with Gasteiger partial charge in [0.2, 0.25) is 0 Å². The van der Waals surface area contributed by atoms with E-state index in [2.05, 4.69) is 4.98 Å². The molecule has 0 bridgehead atoms. The Balaban J connectivity index is 2.56. The molecule has 3 N–H and O–H groups in total. The minimum atomic E-state index is -2.93. The number of alkyl halides is 2. The standard InChI is InChI=1S/C14H18F2N2/c1-9-12(14(15,16)8-13(2,3)17)10-6-4-5-7-11(10)18-9/h4-7,18H,8,17H2,1-3H3. The number of aromatic amines is 1. The Hall–Kier alpha value is -1.42. The van der Waals surface area contributed by atoms with Crippen molar-refractivity contribution in [3.63, 3.8) is 0 Å². The van der Waals surface area contributed by atoms with Gasteiger partial charge in [0.1, 0.15) is 0 Å².